The highest BCUT2D eigenvalue weighted by molar-refractivity contribution is 5.25. The van der Waals surface area contributed by atoms with Crippen molar-refractivity contribution in [1.82, 2.24) is 10.2 Å². The number of nitrogens with zero attached hydrogens (tertiary/aromatic N) is 1. The molecule has 1 aromatic carbocycles. The van der Waals surface area contributed by atoms with Gasteiger partial charge >= 0.3 is 0 Å². The van der Waals surface area contributed by atoms with E-state index in [-0.39, 0.29) is 11.1 Å². The Kier molecular flexibility index (Phi) is 3.18. The first kappa shape index (κ1) is 13.1. The van der Waals surface area contributed by atoms with Crippen LogP contribution in [0.15, 0.2) is 30.3 Å². The summed E-state index contributed by atoms with van der Waals surface area (Å²) in [5, 5.41) is 3.78. The molecule has 1 unspecified atom stereocenters. The van der Waals surface area contributed by atoms with E-state index in [1.165, 1.54) is 24.9 Å². The first-order valence-electron chi connectivity index (χ1n) is 7.55. The van der Waals surface area contributed by atoms with Crippen LogP contribution in [-0.2, 0) is 5.54 Å². The second kappa shape index (κ2) is 4.60. The van der Waals surface area contributed by atoms with Crippen LogP contribution in [0.5, 0.6) is 0 Å². The van der Waals surface area contributed by atoms with Crippen molar-refractivity contribution in [2.75, 3.05) is 19.6 Å². The van der Waals surface area contributed by atoms with Crippen LogP contribution in [0.2, 0.25) is 0 Å². The van der Waals surface area contributed by atoms with Crippen LogP contribution in [0.1, 0.15) is 39.2 Å². The van der Waals surface area contributed by atoms with Gasteiger partial charge in [-0.25, -0.2) is 0 Å². The molecule has 2 heteroatoms. The van der Waals surface area contributed by atoms with E-state index >= 15 is 0 Å². The van der Waals surface area contributed by atoms with Crippen LogP contribution < -0.4 is 5.32 Å². The number of hydrogen-bond acceptors (Lipinski definition) is 2. The number of nitrogens with one attached hydrogen (secondary N) is 1. The fourth-order valence-corrected chi connectivity index (χ4v) is 3.10. The van der Waals surface area contributed by atoms with Gasteiger partial charge in [-0.05, 0) is 45.1 Å². The predicted molar refractivity (Wildman–Crippen MR) is 80.2 cm³/mol. The maximum Gasteiger partial charge on any atom is 0.0535 e. The van der Waals surface area contributed by atoms with E-state index in [1.807, 2.05) is 0 Å². The van der Waals surface area contributed by atoms with Crippen LogP contribution in [0, 0.1) is 5.92 Å². The van der Waals surface area contributed by atoms with Crippen molar-refractivity contribution in [2.24, 2.45) is 5.92 Å². The average Bonchev–Trinajstić information content (AvgIpc) is 3.20. The lowest BCUT2D eigenvalue weighted by molar-refractivity contribution is 0.0276. The van der Waals surface area contributed by atoms with Gasteiger partial charge in [0.2, 0.25) is 0 Å². The van der Waals surface area contributed by atoms with Gasteiger partial charge < -0.3 is 5.32 Å². The standard InChI is InChI=1S/C17H26N2/c1-16(2)12-18-17(3,15-7-5-4-6-8-15)13-19(16)11-14-9-10-14/h4-8,14,18H,9-13H2,1-3H3. The predicted octanol–water partition coefficient (Wildman–Crippen LogP) is 3.00. The lowest BCUT2D eigenvalue weighted by Gasteiger charge is -2.51. The highest BCUT2D eigenvalue weighted by Gasteiger charge is 2.42. The van der Waals surface area contributed by atoms with Crippen molar-refractivity contribution in [3.8, 4) is 0 Å². The first-order chi connectivity index (χ1) is 9.00. The lowest BCUT2D eigenvalue weighted by atomic mass is 9.84. The van der Waals surface area contributed by atoms with Crippen molar-refractivity contribution in [3.05, 3.63) is 35.9 Å². The molecule has 19 heavy (non-hydrogen) atoms. The Bertz CT molecular complexity index is 436. The largest absolute Gasteiger partial charge is 0.305 e. The highest BCUT2D eigenvalue weighted by atomic mass is 15.3. The summed E-state index contributed by atoms with van der Waals surface area (Å²) < 4.78 is 0. The molecule has 0 radical (unpaired) electrons. The number of rotatable bonds is 3. The molecule has 1 N–H and O–H groups in total. The maximum atomic E-state index is 3.78. The lowest BCUT2D eigenvalue weighted by Crippen LogP contribution is -2.65. The zero-order valence-electron chi connectivity index (χ0n) is 12.4. The summed E-state index contributed by atoms with van der Waals surface area (Å²) in [6, 6.07) is 10.9. The van der Waals surface area contributed by atoms with Gasteiger partial charge in [-0.1, -0.05) is 30.3 Å². The first-order valence-corrected chi connectivity index (χ1v) is 7.55. The summed E-state index contributed by atoms with van der Waals surface area (Å²) in [6.07, 6.45) is 2.87. The van der Waals surface area contributed by atoms with Crippen LogP contribution in [0.3, 0.4) is 0 Å². The molecule has 0 aromatic heterocycles. The SMILES string of the molecule is CC1(c2ccccc2)CN(CC2CC2)C(C)(C)CN1. The minimum absolute atomic E-state index is 0.0890. The molecule has 1 aliphatic heterocycles. The molecule has 2 aliphatic rings. The number of hydrogen-bond donors (Lipinski definition) is 1. The molecule has 1 aliphatic carbocycles. The summed E-state index contributed by atoms with van der Waals surface area (Å²) in [4.78, 5) is 2.70. The van der Waals surface area contributed by atoms with E-state index in [0.717, 1.165) is 19.0 Å². The molecule has 104 valence electrons. The molecule has 1 saturated heterocycles. The Morgan fingerprint density at radius 1 is 1.16 bits per heavy atom. The van der Waals surface area contributed by atoms with Crippen molar-refractivity contribution in [3.63, 3.8) is 0 Å². The minimum Gasteiger partial charge on any atom is -0.305 e. The highest BCUT2D eigenvalue weighted by Crippen LogP contribution is 2.36. The summed E-state index contributed by atoms with van der Waals surface area (Å²) in [6.45, 7) is 10.5. The van der Waals surface area contributed by atoms with Gasteiger partial charge in [-0.2, -0.15) is 0 Å². The summed E-state index contributed by atoms with van der Waals surface area (Å²) >= 11 is 0. The van der Waals surface area contributed by atoms with Gasteiger partial charge in [0.05, 0.1) is 5.54 Å². The van der Waals surface area contributed by atoms with Crippen LogP contribution in [0.25, 0.3) is 0 Å². The monoisotopic (exact) mass is 258 g/mol. The molecular formula is C17H26N2. The van der Waals surface area contributed by atoms with Gasteiger partial charge in [0, 0.05) is 25.2 Å². The van der Waals surface area contributed by atoms with E-state index in [2.05, 4.69) is 61.3 Å². The Labute approximate surface area is 117 Å². The van der Waals surface area contributed by atoms with Crippen molar-refractivity contribution < 1.29 is 0 Å². The molecule has 1 aromatic rings. The smallest absolute Gasteiger partial charge is 0.0535 e. The zero-order chi connectivity index (χ0) is 13.5. The van der Waals surface area contributed by atoms with E-state index in [1.54, 1.807) is 0 Å². The Morgan fingerprint density at radius 2 is 1.84 bits per heavy atom. The maximum absolute atomic E-state index is 3.78. The fraction of sp³-hybridized carbons (Fsp3) is 0.647. The van der Waals surface area contributed by atoms with Crippen LogP contribution >= 0.6 is 0 Å². The third kappa shape index (κ3) is 2.70. The van der Waals surface area contributed by atoms with E-state index in [4.69, 9.17) is 0 Å². The molecule has 1 heterocycles. The van der Waals surface area contributed by atoms with Gasteiger partial charge in [0.25, 0.3) is 0 Å². The Hall–Kier alpha value is -0.860. The van der Waals surface area contributed by atoms with E-state index in [0.29, 0.717) is 0 Å². The molecule has 0 amide bonds. The molecule has 2 fully saturated rings. The zero-order valence-corrected chi connectivity index (χ0v) is 12.4. The van der Waals surface area contributed by atoms with Gasteiger partial charge in [-0.3, -0.25) is 4.90 Å². The van der Waals surface area contributed by atoms with E-state index in [9.17, 15) is 0 Å². The topological polar surface area (TPSA) is 15.3 Å². The third-order valence-corrected chi connectivity index (χ3v) is 4.86. The molecule has 1 atom stereocenters. The van der Waals surface area contributed by atoms with Gasteiger partial charge in [0.1, 0.15) is 0 Å². The molecule has 0 bridgehead atoms. The third-order valence-electron chi connectivity index (χ3n) is 4.86. The molecular weight excluding hydrogens is 232 g/mol. The second-order valence-corrected chi connectivity index (χ2v) is 7.19. The quantitative estimate of drug-likeness (QED) is 0.896. The van der Waals surface area contributed by atoms with Crippen molar-refractivity contribution >= 4 is 0 Å². The van der Waals surface area contributed by atoms with E-state index < -0.39 is 0 Å². The van der Waals surface area contributed by atoms with Crippen molar-refractivity contribution in [1.29, 1.82) is 0 Å². The summed E-state index contributed by atoms with van der Waals surface area (Å²) in [7, 11) is 0. The Balaban J connectivity index is 1.80. The molecule has 2 nitrogen and oxygen atoms in total. The van der Waals surface area contributed by atoms with Crippen LogP contribution in [-0.4, -0.2) is 30.1 Å². The molecule has 0 spiro atoms. The second-order valence-electron chi connectivity index (χ2n) is 7.19. The van der Waals surface area contributed by atoms with Gasteiger partial charge in [0.15, 0.2) is 0 Å². The van der Waals surface area contributed by atoms with Gasteiger partial charge in [-0.15, -0.1) is 0 Å². The molecule has 1 saturated carbocycles. The normalized spacial score (nSPS) is 31.3. The fourth-order valence-electron chi connectivity index (χ4n) is 3.10. The van der Waals surface area contributed by atoms with Crippen molar-refractivity contribution in [2.45, 2.75) is 44.7 Å². The van der Waals surface area contributed by atoms with Crippen LogP contribution in [0.4, 0.5) is 0 Å². The summed E-state index contributed by atoms with van der Waals surface area (Å²) in [5.74, 6) is 0.956. The summed E-state index contributed by atoms with van der Waals surface area (Å²) in [5.41, 5.74) is 1.77. The Morgan fingerprint density at radius 3 is 2.47 bits per heavy atom. The number of benzene rings is 1. The number of piperazine rings is 1. The minimum atomic E-state index is 0.0890. The molecule has 3 rings (SSSR count). The average molecular weight is 258 g/mol.